The lowest BCUT2D eigenvalue weighted by molar-refractivity contribution is 0.0603. The van der Waals surface area contributed by atoms with Gasteiger partial charge in [0.1, 0.15) is 5.65 Å². The number of aryl methyl sites for hydroxylation is 1. The number of aromatic amines is 1. The van der Waals surface area contributed by atoms with E-state index in [4.69, 9.17) is 17.0 Å². The number of methoxy groups -OCH3 is 1. The van der Waals surface area contributed by atoms with E-state index in [0.29, 0.717) is 11.3 Å². The lowest BCUT2D eigenvalue weighted by Gasteiger charge is -2.10. The zero-order chi connectivity index (χ0) is 15.9. The van der Waals surface area contributed by atoms with Crippen LogP contribution in [0.25, 0.3) is 21.6 Å². The summed E-state index contributed by atoms with van der Waals surface area (Å²) >= 11 is 6.59. The van der Waals surface area contributed by atoms with E-state index in [1.807, 2.05) is 17.5 Å². The van der Waals surface area contributed by atoms with Crippen molar-refractivity contribution in [2.45, 2.75) is 0 Å². The van der Waals surface area contributed by atoms with Crippen molar-refractivity contribution >= 4 is 40.6 Å². The maximum absolute atomic E-state index is 12.2. The molecule has 3 rings (SSSR count). The smallest absolute Gasteiger partial charge is 0.338 e. The highest BCUT2D eigenvalue weighted by Crippen LogP contribution is 2.26. The normalized spacial score (nSPS) is 10.8. The number of carbonyl (C=O) groups is 1. The number of thiophene rings is 1. The molecule has 0 aliphatic carbocycles. The molecule has 0 unspecified atom stereocenters. The second kappa shape index (κ2) is 5.47. The van der Waals surface area contributed by atoms with Gasteiger partial charge in [-0.2, -0.15) is 0 Å². The molecule has 8 heteroatoms. The number of ether oxygens (including phenoxy) is 1. The fraction of sp³-hybridized carbons (Fsp3) is 0.143. The van der Waals surface area contributed by atoms with Gasteiger partial charge in [-0.05, 0) is 29.7 Å². The van der Waals surface area contributed by atoms with Crippen LogP contribution in [0.3, 0.4) is 0 Å². The molecule has 0 aliphatic rings. The zero-order valence-corrected chi connectivity index (χ0v) is 13.4. The Bertz CT molecular complexity index is 987. The van der Waals surface area contributed by atoms with Crippen LogP contribution in [0.1, 0.15) is 10.4 Å². The average molecular weight is 333 g/mol. The molecular formula is C14H11N3O3S2. The van der Waals surface area contributed by atoms with E-state index in [0.717, 1.165) is 4.88 Å². The first-order valence-corrected chi connectivity index (χ1v) is 7.58. The van der Waals surface area contributed by atoms with Crippen LogP contribution in [-0.2, 0) is 11.8 Å². The summed E-state index contributed by atoms with van der Waals surface area (Å²) in [7, 11) is 2.96. The predicted octanol–water partition coefficient (Wildman–Crippen LogP) is 2.51. The van der Waals surface area contributed by atoms with E-state index in [1.54, 1.807) is 17.7 Å². The molecule has 0 spiro atoms. The number of rotatable bonds is 2. The molecule has 1 N–H and O–H groups in total. The van der Waals surface area contributed by atoms with Crippen molar-refractivity contribution in [3.05, 3.63) is 44.3 Å². The molecule has 112 valence electrons. The number of hydrogen-bond donors (Lipinski definition) is 1. The number of nitrogens with one attached hydrogen (secondary N) is 1. The van der Waals surface area contributed by atoms with Crippen LogP contribution >= 0.6 is 23.6 Å². The Labute approximate surface area is 134 Å². The zero-order valence-electron chi connectivity index (χ0n) is 11.7. The quantitative estimate of drug-likeness (QED) is 0.576. The Balaban J connectivity index is 2.49. The van der Waals surface area contributed by atoms with Crippen LogP contribution in [0.15, 0.2) is 28.4 Å². The van der Waals surface area contributed by atoms with Crippen molar-refractivity contribution in [2.75, 3.05) is 7.11 Å². The van der Waals surface area contributed by atoms with Crippen LogP contribution in [0.5, 0.6) is 0 Å². The van der Waals surface area contributed by atoms with E-state index < -0.39 is 11.5 Å². The first-order chi connectivity index (χ1) is 10.5. The molecule has 6 nitrogen and oxygen atoms in total. The Hall–Kier alpha value is -2.32. The molecule has 3 aromatic heterocycles. The largest absolute Gasteiger partial charge is 0.465 e. The minimum Gasteiger partial charge on any atom is -0.465 e. The van der Waals surface area contributed by atoms with Gasteiger partial charge in [0.15, 0.2) is 4.77 Å². The molecule has 0 amide bonds. The summed E-state index contributed by atoms with van der Waals surface area (Å²) in [6.07, 6.45) is 0. The molecule has 0 bridgehead atoms. The number of fused-ring (bicyclic) bond motifs is 1. The number of esters is 1. The van der Waals surface area contributed by atoms with E-state index in [2.05, 4.69) is 9.97 Å². The second-order valence-corrected chi connectivity index (χ2v) is 5.88. The van der Waals surface area contributed by atoms with E-state index in [9.17, 15) is 9.59 Å². The highest BCUT2D eigenvalue weighted by atomic mass is 32.1. The molecule has 22 heavy (non-hydrogen) atoms. The first-order valence-electron chi connectivity index (χ1n) is 6.29. The molecule has 0 aromatic carbocycles. The fourth-order valence-corrected chi connectivity index (χ4v) is 3.02. The lowest BCUT2D eigenvalue weighted by atomic mass is 10.1. The summed E-state index contributed by atoms with van der Waals surface area (Å²) in [6, 6.07) is 5.35. The van der Waals surface area contributed by atoms with Crippen LogP contribution in [0, 0.1) is 4.77 Å². The second-order valence-electron chi connectivity index (χ2n) is 4.54. The molecule has 3 aromatic rings. The van der Waals surface area contributed by atoms with Crippen LogP contribution in [0.2, 0.25) is 0 Å². The van der Waals surface area contributed by atoms with E-state index >= 15 is 0 Å². The third-order valence-electron chi connectivity index (χ3n) is 3.25. The number of hydrogen-bond acceptors (Lipinski definition) is 6. The SMILES string of the molecule is COC(=O)c1cc(-c2cccs2)nc2c1c(=O)[nH]c(=S)n2C. The number of aromatic nitrogens is 3. The molecule has 3 heterocycles. The van der Waals surface area contributed by atoms with Crippen molar-refractivity contribution in [3.8, 4) is 10.6 Å². The Morgan fingerprint density at radius 2 is 2.27 bits per heavy atom. The molecule has 0 atom stereocenters. The van der Waals surface area contributed by atoms with Gasteiger partial charge in [-0.3, -0.25) is 9.78 Å². The minimum atomic E-state index is -0.590. The van der Waals surface area contributed by atoms with Gasteiger partial charge < -0.3 is 9.30 Å². The van der Waals surface area contributed by atoms with Crippen LogP contribution < -0.4 is 5.56 Å². The summed E-state index contributed by atoms with van der Waals surface area (Å²) in [5.74, 6) is -0.590. The van der Waals surface area contributed by atoms with Gasteiger partial charge in [-0.1, -0.05) is 6.07 Å². The highest BCUT2D eigenvalue weighted by Gasteiger charge is 2.19. The van der Waals surface area contributed by atoms with Crippen molar-refractivity contribution in [1.82, 2.24) is 14.5 Å². The van der Waals surface area contributed by atoms with Crippen molar-refractivity contribution < 1.29 is 9.53 Å². The third-order valence-corrected chi connectivity index (χ3v) is 4.52. The summed E-state index contributed by atoms with van der Waals surface area (Å²) in [6.45, 7) is 0. The third kappa shape index (κ3) is 2.26. The lowest BCUT2D eigenvalue weighted by Crippen LogP contribution is -2.18. The summed E-state index contributed by atoms with van der Waals surface area (Å²) in [4.78, 5) is 32.2. The number of pyridine rings is 1. The molecule has 0 saturated heterocycles. The Morgan fingerprint density at radius 1 is 1.50 bits per heavy atom. The summed E-state index contributed by atoms with van der Waals surface area (Å²) in [5, 5.41) is 2.08. The molecule has 0 radical (unpaired) electrons. The van der Waals surface area contributed by atoms with Gasteiger partial charge >= 0.3 is 5.97 Å². The molecular weight excluding hydrogens is 322 g/mol. The molecule has 0 aliphatic heterocycles. The number of H-pyrrole nitrogens is 1. The Morgan fingerprint density at radius 3 is 2.91 bits per heavy atom. The maximum Gasteiger partial charge on any atom is 0.338 e. The molecule has 0 saturated carbocycles. The van der Waals surface area contributed by atoms with Crippen LogP contribution in [0.4, 0.5) is 0 Å². The fourth-order valence-electron chi connectivity index (χ4n) is 2.16. The van der Waals surface area contributed by atoms with Gasteiger partial charge in [0, 0.05) is 7.05 Å². The van der Waals surface area contributed by atoms with Crippen LogP contribution in [-0.4, -0.2) is 27.6 Å². The first kappa shape index (κ1) is 14.6. The van der Waals surface area contributed by atoms with E-state index in [-0.39, 0.29) is 15.7 Å². The number of nitrogens with zero attached hydrogens (tertiary/aromatic N) is 2. The van der Waals surface area contributed by atoms with Crippen molar-refractivity contribution in [3.63, 3.8) is 0 Å². The summed E-state index contributed by atoms with van der Waals surface area (Å²) in [5.41, 5.74) is 0.657. The number of carbonyl (C=O) groups excluding carboxylic acids is 1. The standard InChI is InChI=1S/C14H11N3O3S2/c1-17-11-10(12(18)16-14(17)21)7(13(19)20-2)6-8(15-11)9-4-3-5-22-9/h3-6H,1-2H3,(H,16,18,21). The summed E-state index contributed by atoms with van der Waals surface area (Å²) < 4.78 is 6.60. The Kier molecular flexibility index (Phi) is 3.63. The highest BCUT2D eigenvalue weighted by molar-refractivity contribution is 7.71. The van der Waals surface area contributed by atoms with Gasteiger partial charge in [0.2, 0.25) is 0 Å². The minimum absolute atomic E-state index is 0.169. The average Bonchev–Trinajstić information content (AvgIpc) is 3.05. The van der Waals surface area contributed by atoms with Gasteiger partial charge in [-0.25, -0.2) is 9.78 Å². The topological polar surface area (TPSA) is 77.0 Å². The van der Waals surface area contributed by atoms with Gasteiger partial charge in [0.25, 0.3) is 5.56 Å². The van der Waals surface area contributed by atoms with Crippen molar-refractivity contribution in [2.24, 2.45) is 7.05 Å². The van der Waals surface area contributed by atoms with Gasteiger partial charge in [-0.15, -0.1) is 11.3 Å². The monoisotopic (exact) mass is 333 g/mol. The molecule has 0 fully saturated rings. The van der Waals surface area contributed by atoms with E-state index in [1.165, 1.54) is 18.4 Å². The van der Waals surface area contributed by atoms with Crippen molar-refractivity contribution in [1.29, 1.82) is 0 Å². The van der Waals surface area contributed by atoms with Gasteiger partial charge in [0.05, 0.1) is 28.6 Å². The maximum atomic E-state index is 12.2. The predicted molar refractivity (Wildman–Crippen MR) is 86.8 cm³/mol.